The Morgan fingerprint density at radius 1 is 1.10 bits per heavy atom. The Morgan fingerprint density at radius 2 is 1.79 bits per heavy atom. The number of hydrogen-bond donors (Lipinski definition) is 0. The molecule has 0 aliphatic rings. The Morgan fingerprint density at radius 3 is 2.41 bits per heavy atom. The Kier molecular flexibility index (Phi) is 5.94. The quantitative estimate of drug-likeness (QED) is 0.190. The van der Waals surface area contributed by atoms with Crippen LogP contribution in [0.2, 0.25) is 0 Å². The van der Waals surface area contributed by atoms with Crippen molar-refractivity contribution in [3.8, 4) is 0 Å². The summed E-state index contributed by atoms with van der Waals surface area (Å²) in [5.74, 6) is -0.588. The van der Waals surface area contributed by atoms with Crippen LogP contribution in [-0.4, -0.2) is 17.9 Å². The van der Waals surface area contributed by atoms with Gasteiger partial charge in [0.25, 0.3) is 0 Å². The number of fused-ring (bicyclic) bond motifs is 1. The van der Waals surface area contributed by atoms with Crippen LogP contribution in [0.15, 0.2) is 67.8 Å². The minimum absolute atomic E-state index is 0.0523. The molecule has 0 aliphatic carbocycles. The zero-order valence-electron chi connectivity index (χ0n) is 17.1. The summed E-state index contributed by atoms with van der Waals surface area (Å²) in [7, 11) is 0. The molecule has 1 heterocycles. The summed E-state index contributed by atoms with van der Waals surface area (Å²) in [4.78, 5) is 30.5. The molecule has 3 rings (SSSR count). The Bertz CT molecular complexity index is 1140. The van der Waals surface area contributed by atoms with E-state index >= 15 is 0 Å². The molecule has 0 bridgehead atoms. The van der Waals surface area contributed by atoms with Crippen molar-refractivity contribution in [2.45, 2.75) is 38.0 Å². The highest BCUT2D eigenvalue weighted by atomic mass is 32.2. The van der Waals surface area contributed by atoms with Crippen LogP contribution < -0.4 is 5.63 Å². The SMILES string of the molecule is CSc1cc(C(C)(C)C)cc2cc(/C(C)=N/OC(=O)c3ccccc3)c(=O)oc12. The van der Waals surface area contributed by atoms with Gasteiger partial charge in [0, 0.05) is 5.39 Å². The number of carbonyl (C=O) groups is 1. The highest BCUT2D eigenvalue weighted by Crippen LogP contribution is 2.33. The summed E-state index contributed by atoms with van der Waals surface area (Å²) in [5, 5.41) is 4.66. The number of rotatable bonds is 4. The van der Waals surface area contributed by atoms with Gasteiger partial charge in [0.2, 0.25) is 0 Å². The molecular formula is C23H23NO4S. The van der Waals surface area contributed by atoms with E-state index in [0.29, 0.717) is 11.1 Å². The lowest BCUT2D eigenvalue weighted by molar-refractivity contribution is 0.0516. The molecule has 2 aromatic carbocycles. The zero-order chi connectivity index (χ0) is 21.2. The second-order valence-corrected chi connectivity index (χ2v) is 8.56. The molecule has 3 aromatic rings. The van der Waals surface area contributed by atoms with Crippen molar-refractivity contribution in [3.63, 3.8) is 0 Å². The molecule has 0 radical (unpaired) electrons. The van der Waals surface area contributed by atoms with E-state index in [2.05, 4.69) is 32.0 Å². The normalized spacial score (nSPS) is 12.2. The predicted molar refractivity (Wildman–Crippen MR) is 117 cm³/mol. The van der Waals surface area contributed by atoms with Crippen LogP contribution in [0.25, 0.3) is 11.0 Å². The zero-order valence-corrected chi connectivity index (χ0v) is 17.9. The molecular weight excluding hydrogens is 386 g/mol. The highest BCUT2D eigenvalue weighted by Gasteiger charge is 2.19. The number of thioether (sulfide) groups is 1. The van der Waals surface area contributed by atoms with Gasteiger partial charge in [-0.2, -0.15) is 0 Å². The van der Waals surface area contributed by atoms with Gasteiger partial charge >= 0.3 is 11.6 Å². The summed E-state index contributed by atoms with van der Waals surface area (Å²) < 4.78 is 5.60. The summed E-state index contributed by atoms with van der Waals surface area (Å²) in [6.45, 7) is 8.01. The lowest BCUT2D eigenvalue weighted by Crippen LogP contribution is -2.15. The molecule has 29 heavy (non-hydrogen) atoms. The van der Waals surface area contributed by atoms with Crippen molar-refractivity contribution in [1.82, 2.24) is 0 Å². The van der Waals surface area contributed by atoms with Gasteiger partial charge in [0.1, 0.15) is 0 Å². The average molecular weight is 410 g/mol. The summed E-state index contributed by atoms with van der Waals surface area (Å²) >= 11 is 1.53. The van der Waals surface area contributed by atoms with Crippen molar-refractivity contribution in [3.05, 3.63) is 75.6 Å². The van der Waals surface area contributed by atoms with Crippen LogP contribution >= 0.6 is 11.8 Å². The predicted octanol–water partition coefficient (Wildman–Crippen LogP) is 5.39. The first-order valence-electron chi connectivity index (χ1n) is 9.18. The lowest BCUT2D eigenvalue weighted by atomic mass is 9.86. The third-order valence-electron chi connectivity index (χ3n) is 4.55. The number of benzene rings is 2. The molecule has 150 valence electrons. The summed E-state index contributed by atoms with van der Waals surface area (Å²) in [6.07, 6.45) is 1.95. The van der Waals surface area contributed by atoms with E-state index in [0.717, 1.165) is 15.8 Å². The van der Waals surface area contributed by atoms with E-state index in [1.807, 2.05) is 12.3 Å². The van der Waals surface area contributed by atoms with Gasteiger partial charge < -0.3 is 9.25 Å². The van der Waals surface area contributed by atoms with Gasteiger partial charge in [-0.25, -0.2) is 9.59 Å². The fourth-order valence-corrected chi connectivity index (χ4v) is 3.41. The topological polar surface area (TPSA) is 68.9 Å². The van der Waals surface area contributed by atoms with Gasteiger partial charge in [0.05, 0.1) is 21.7 Å². The summed E-state index contributed by atoms with van der Waals surface area (Å²) in [6, 6.07) is 14.4. The van der Waals surface area contributed by atoms with Gasteiger partial charge in [-0.15, -0.1) is 11.8 Å². The molecule has 5 nitrogen and oxygen atoms in total. The molecule has 0 atom stereocenters. The van der Waals surface area contributed by atoms with Gasteiger partial charge in [-0.05, 0) is 54.5 Å². The first kappa shape index (κ1) is 20.9. The molecule has 0 fully saturated rings. The van der Waals surface area contributed by atoms with Crippen molar-refractivity contribution in [1.29, 1.82) is 0 Å². The average Bonchev–Trinajstić information content (AvgIpc) is 2.70. The van der Waals surface area contributed by atoms with Crippen molar-refractivity contribution in [2.24, 2.45) is 5.16 Å². The monoisotopic (exact) mass is 409 g/mol. The number of carbonyl (C=O) groups excluding carboxylic acids is 1. The number of hydrogen-bond acceptors (Lipinski definition) is 6. The maximum absolute atomic E-state index is 12.5. The molecule has 0 N–H and O–H groups in total. The second-order valence-electron chi connectivity index (χ2n) is 7.72. The molecule has 6 heteroatoms. The van der Waals surface area contributed by atoms with E-state index in [-0.39, 0.29) is 16.7 Å². The van der Waals surface area contributed by atoms with Crippen LogP contribution in [0.5, 0.6) is 0 Å². The van der Waals surface area contributed by atoms with E-state index in [1.165, 1.54) is 11.8 Å². The number of nitrogens with zero attached hydrogens (tertiary/aromatic N) is 1. The van der Waals surface area contributed by atoms with Crippen molar-refractivity contribution in [2.75, 3.05) is 6.26 Å². The van der Waals surface area contributed by atoms with Crippen LogP contribution in [0.4, 0.5) is 0 Å². The van der Waals surface area contributed by atoms with Crippen LogP contribution in [0.1, 0.15) is 49.2 Å². The number of oxime groups is 1. The second kappa shape index (κ2) is 8.25. The Hall–Kier alpha value is -2.86. The van der Waals surface area contributed by atoms with Gasteiger partial charge in [0.15, 0.2) is 5.58 Å². The highest BCUT2D eigenvalue weighted by molar-refractivity contribution is 7.98. The fraction of sp³-hybridized carbons (Fsp3) is 0.261. The minimum Gasteiger partial charge on any atom is -0.421 e. The molecule has 0 saturated heterocycles. The molecule has 0 amide bonds. The largest absolute Gasteiger partial charge is 0.421 e. The first-order chi connectivity index (χ1) is 13.7. The minimum atomic E-state index is -0.588. The third kappa shape index (κ3) is 4.59. The molecule has 0 aliphatic heterocycles. The van der Waals surface area contributed by atoms with E-state index in [4.69, 9.17) is 9.25 Å². The van der Waals surface area contributed by atoms with Crippen LogP contribution in [0.3, 0.4) is 0 Å². The maximum atomic E-state index is 12.5. The lowest BCUT2D eigenvalue weighted by Gasteiger charge is -2.20. The molecule has 0 spiro atoms. The van der Waals surface area contributed by atoms with Gasteiger partial charge in [-0.1, -0.05) is 44.1 Å². The van der Waals surface area contributed by atoms with Gasteiger partial charge in [-0.3, -0.25) is 0 Å². The molecule has 1 aromatic heterocycles. The molecule has 0 unspecified atom stereocenters. The smallest absolute Gasteiger partial charge is 0.365 e. The van der Waals surface area contributed by atoms with Crippen LogP contribution in [0, 0.1) is 0 Å². The fourth-order valence-electron chi connectivity index (χ4n) is 2.83. The van der Waals surface area contributed by atoms with Crippen molar-refractivity contribution < 1.29 is 14.0 Å². The van der Waals surface area contributed by atoms with E-state index in [9.17, 15) is 9.59 Å². The Balaban J connectivity index is 2.01. The molecule has 0 saturated carbocycles. The van der Waals surface area contributed by atoms with Crippen LogP contribution in [-0.2, 0) is 10.3 Å². The summed E-state index contributed by atoms with van der Waals surface area (Å²) in [5.41, 5.74) is 2.03. The van der Waals surface area contributed by atoms with E-state index < -0.39 is 11.6 Å². The Labute approximate surface area is 173 Å². The van der Waals surface area contributed by atoms with E-state index in [1.54, 1.807) is 43.3 Å². The van der Waals surface area contributed by atoms with Crippen molar-refractivity contribution >= 4 is 34.4 Å². The first-order valence-corrected chi connectivity index (χ1v) is 10.4. The maximum Gasteiger partial charge on any atom is 0.365 e. The standard InChI is InChI=1S/C23H23NO4S/c1-14(24-28-21(25)15-9-7-6-8-10-15)18-12-16-11-17(23(2,3)4)13-19(29-5)20(16)27-22(18)26/h6-13H,1-5H3/b24-14+. The third-order valence-corrected chi connectivity index (χ3v) is 5.29.